The van der Waals surface area contributed by atoms with Crippen LogP contribution < -0.4 is 16.0 Å². The summed E-state index contributed by atoms with van der Waals surface area (Å²) < 4.78 is 1.88. The van der Waals surface area contributed by atoms with Crippen LogP contribution in [-0.4, -0.2) is 39.9 Å². The fraction of sp³-hybridized carbons (Fsp3) is 0.417. The van der Waals surface area contributed by atoms with Crippen LogP contribution in [0.1, 0.15) is 13.8 Å². The third-order valence-corrected chi connectivity index (χ3v) is 2.74. The van der Waals surface area contributed by atoms with Crippen LogP contribution in [-0.2, 0) is 4.79 Å². The number of imidazole rings is 1. The molecule has 7 nitrogen and oxygen atoms in total. The van der Waals surface area contributed by atoms with E-state index in [1.165, 1.54) is 0 Å². The number of carbonyl (C=O) groups excluding carboxylic acids is 1. The predicted octanol–water partition coefficient (Wildman–Crippen LogP) is 0.473. The lowest BCUT2D eigenvalue weighted by molar-refractivity contribution is -0.116. The maximum absolute atomic E-state index is 11.1. The molecule has 0 fully saturated rings. The Balaban J connectivity index is 2.48. The predicted molar refractivity (Wildman–Crippen MR) is 74.2 cm³/mol. The number of fused-ring (bicyclic) bond motifs is 1. The molecule has 7 heteroatoms. The summed E-state index contributed by atoms with van der Waals surface area (Å²) >= 11 is 0. The van der Waals surface area contributed by atoms with Gasteiger partial charge in [-0.15, -0.1) is 0 Å². The van der Waals surface area contributed by atoms with Crippen molar-refractivity contribution >= 4 is 23.2 Å². The van der Waals surface area contributed by atoms with E-state index in [1.54, 1.807) is 6.20 Å². The number of carbonyl (C=O) groups is 1. The normalized spacial score (nSPS) is 10.6. The van der Waals surface area contributed by atoms with Crippen molar-refractivity contribution in [3.63, 3.8) is 0 Å². The Hall–Kier alpha value is -2.31. The van der Waals surface area contributed by atoms with Gasteiger partial charge in [0, 0.05) is 25.5 Å². The minimum Gasteiger partial charge on any atom is -0.369 e. The highest BCUT2D eigenvalue weighted by Crippen LogP contribution is 2.20. The van der Waals surface area contributed by atoms with E-state index < -0.39 is 0 Å². The zero-order chi connectivity index (χ0) is 13.8. The summed E-state index contributed by atoms with van der Waals surface area (Å²) in [5.41, 5.74) is 5.98. The molecule has 0 spiro atoms. The van der Waals surface area contributed by atoms with Crippen molar-refractivity contribution in [2.45, 2.75) is 13.8 Å². The minimum absolute atomic E-state index is 0.127. The lowest BCUT2D eigenvalue weighted by Gasteiger charge is -2.21. The number of likely N-dealkylation sites (N-methyl/N-ethyl adjacent to an activating group) is 1. The SMILES string of the molecule is CCNc1cn2ccnc2c(N(CC)CC(N)=O)n1. The second-order valence-electron chi connectivity index (χ2n) is 4.12. The molecule has 0 aliphatic carbocycles. The summed E-state index contributed by atoms with van der Waals surface area (Å²) in [5, 5.41) is 3.16. The van der Waals surface area contributed by atoms with Crippen molar-refractivity contribution in [3.05, 3.63) is 18.6 Å². The van der Waals surface area contributed by atoms with Gasteiger partial charge in [-0.2, -0.15) is 0 Å². The molecule has 0 aromatic carbocycles. The number of nitrogens with two attached hydrogens (primary N) is 1. The molecule has 3 N–H and O–H groups in total. The largest absolute Gasteiger partial charge is 0.369 e. The van der Waals surface area contributed by atoms with Gasteiger partial charge in [-0.05, 0) is 13.8 Å². The molecule has 19 heavy (non-hydrogen) atoms. The molecule has 1 amide bonds. The molecule has 0 saturated heterocycles. The number of rotatable bonds is 6. The summed E-state index contributed by atoms with van der Waals surface area (Å²) in [6, 6.07) is 0. The second-order valence-corrected chi connectivity index (χ2v) is 4.12. The van der Waals surface area contributed by atoms with E-state index in [-0.39, 0.29) is 12.5 Å². The average Bonchev–Trinajstić information content (AvgIpc) is 2.83. The van der Waals surface area contributed by atoms with Gasteiger partial charge in [-0.25, -0.2) is 9.97 Å². The van der Waals surface area contributed by atoms with Crippen molar-refractivity contribution in [1.29, 1.82) is 0 Å². The van der Waals surface area contributed by atoms with Crippen LogP contribution in [0.4, 0.5) is 11.6 Å². The third kappa shape index (κ3) is 2.75. The highest BCUT2D eigenvalue weighted by molar-refractivity contribution is 5.81. The minimum atomic E-state index is -0.387. The number of anilines is 2. The highest BCUT2D eigenvalue weighted by atomic mass is 16.1. The number of nitrogens with zero attached hydrogens (tertiary/aromatic N) is 4. The van der Waals surface area contributed by atoms with Crippen molar-refractivity contribution in [2.75, 3.05) is 29.9 Å². The van der Waals surface area contributed by atoms with Crippen molar-refractivity contribution in [3.8, 4) is 0 Å². The number of hydrogen-bond donors (Lipinski definition) is 2. The van der Waals surface area contributed by atoms with Crippen LogP contribution in [0.3, 0.4) is 0 Å². The van der Waals surface area contributed by atoms with Crippen molar-refractivity contribution in [1.82, 2.24) is 14.4 Å². The standard InChI is InChI=1S/C12H18N6O/c1-3-14-10-8-18-6-5-15-11(18)12(16-10)17(4-2)7-9(13)19/h5-6,8,14H,3-4,7H2,1-2H3,(H2,13,19). The maximum atomic E-state index is 11.1. The number of primary amides is 1. The molecule has 0 aliphatic heterocycles. The van der Waals surface area contributed by atoms with Crippen LogP contribution in [0.25, 0.3) is 5.65 Å². The Bertz CT molecular complexity index is 579. The molecule has 0 saturated carbocycles. The van der Waals surface area contributed by atoms with E-state index in [4.69, 9.17) is 5.73 Å². The average molecular weight is 262 g/mol. The molecule has 2 heterocycles. The Kier molecular flexibility index (Phi) is 3.84. The molecular formula is C12H18N6O. The van der Waals surface area contributed by atoms with Crippen LogP contribution in [0.15, 0.2) is 18.6 Å². The summed E-state index contributed by atoms with van der Waals surface area (Å²) in [5.74, 6) is 1.01. The van der Waals surface area contributed by atoms with Gasteiger partial charge in [0.25, 0.3) is 0 Å². The summed E-state index contributed by atoms with van der Waals surface area (Å²) in [6.07, 6.45) is 5.42. The first-order valence-electron chi connectivity index (χ1n) is 6.26. The van der Waals surface area contributed by atoms with Gasteiger partial charge in [0.15, 0.2) is 11.5 Å². The lowest BCUT2D eigenvalue weighted by atomic mass is 10.4. The van der Waals surface area contributed by atoms with Gasteiger partial charge in [-0.1, -0.05) is 0 Å². The van der Waals surface area contributed by atoms with Gasteiger partial charge in [0.1, 0.15) is 5.82 Å². The molecular weight excluding hydrogens is 244 g/mol. The van der Waals surface area contributed by atoms with Crippen LogP contribution in [0.2, 0.25) is 0 Å². The summed E-state index contributed by atoms with van der Waals surface area (Å²) in [6.45, 7) is 5.48. The van der Waals surface area contributed by atoms with E-state index in [1.807, 2.05) is 35.5 Å². The van der Waals surface area contributed by atoms with Crippen molar-refractivity contribution < 1.29 is 4.79 Å². The monoisotopic (exact) mass is 262 g/mol. The maximum Gasteiger partial charge on any atom is 0.237 e. The second kappa shape index (κ2) is 5.55. The van der Waals surface area contributed by atoms with Crippen LogP contribution >= 0.6 is 0 Å². The zero-order valence-electron chi connectivity index (χ0n) is 11.1. The summed E-state index contributed by atoms with van der Waals surface area (Å²) in [7, 11) is 0. The van der Waals surface area contributed by atoms with Gasteiger partial charge in [0.2, 0.25) is 5.91 Å². The van der Waals surface area contributed by atoms with Gasteiger partial charge < -0.3 is 20.4 Å². The van der Waals surface area contributed by atoms with Crippen molar-refractivity contribution in [2.24, 2.45) is 5.73 Å². The first kappa shape index (κ1) is 13.1. The van der Waals surface area contributed by atoms with E-state index >= 15 is 0 Å². The van der Waals surface area contributed by atoms with E-state index in [2.05, 4.69) is 15.3 Å². The molecule has 102 valence electrons. The van der Waals surface area contributed by atoms with E-state index in [0.29, 0.717) is 18.0 Å². The molecule has 2 rings (SSSR count). The molecule has 0 radical (unpaired) electrons. The Morgan fingerprint density at radius 3 is 2.95 bits per heavy atom. The first-order chi connectivity index (χ1) is 9.15. The highest BCUT2D eigenvalue weighted by Gasteiger charge is 2.15. The zero-order valence-corrected chi connectivity index (χ0v) is 11.1. The van der Waals surface area contributed by atoms with Gasteiger partial charge in [0.05, 0.1) is 12.7 Å². The first-order valence-corrected chi connectivity index (χ1v) is 6.26. The Morgan fingerprint density at radius 2 is 2.32 bits per heavy atom. The molecule has 0 atom stereocenters. The summed E-state index contributed by atoms with van der Waals surface area (Å²) in [4.78, 5) is 21.7. The molecule has 2 aromatic rings. The fourth-order valence-electron chi connectivity index (χ4n) is 1.92. The quantitative estimate of drug-likeness (QED) is 0.790. The third-order valence-electron chi connectivity index (χ3n) is 2.74. The Labute approximate surface area is 111 Å². The molecule has 0 aliphatic rings. The number of aromatic nitrogens is 3. The fourth-order valence-corrected chi connectivity index (χ4v) is 1.92. The topological polar surface area (TPSA) is 88.5 Å². The number of hydrogen-bond acceptors (Lipinski definition) is 5. The van der Waals surface area contributed by atoms with E-state index in [0.717, 1.165) is 12.4 Å². The lowest BCUT2D eigenvalue weighted by Crippen LogP contribution is -2.34. The molecule has 2 aromatic heterocycles. The van der Waals surface area contributed by atoms with Gasteiger partial charge >= 0.3 is 0 Å². The smallest absolute Gasteiger partial charge is 0.237 e. The van der Waals surface area contributed by atoms with Gasteiger partial charge in [-0.3, -0.25) is 4.79 Å². The van der Waals surface area contributed by atoms with Crippen LogP contribution in [0.5, 0.6) is 0 Å². The van der Waals surface area contributed by atoms with Crippen LogP contribution in [0, 0.1) is 0 Å². The number of amides is 1. The van der Waals surface area contributed by atoms with E-state index in [9.17, 15) is 4.79 Å². The molecule has 0 bridgehead atoms. The Morgan fingerprint density at radius 1 is 1.53 bits per heavy atom. The molecule has 0 unspecified atom stereocenters. The number of nitrogens with one attached hydrogen (secondary N) is 1.